The van der Waals surface area contributed by atoms with Crippen molar-refractivity contribution in [2.45, 2.75) is 6.61 Å². The monoisotopic (exact) mass is 497 g/mol. The highest BCUT2D eigenvalue weighted by molar-refractivity contribution is 7.92. The Morgan fingerprint density at radius 2 is 1.79 bits per heavy atom. The van der Waals surface area contributed by atoms with E-state index in [1.54, 1.807) is 43.3 Å². The van der Waals surface area contributed by atoms with Gasteiger partial charge in [0.15, 0.2) is 5.82 Å². The van der Waals surface area contributed by atoms with Gasteiger partial charge in [-0.25, -0.2) is 27.2 Å². The molecule has 1 heterocycles. The number of hydrogen-bond acceptors (Lipinski definition) is 7. The molecule has 33 heavy (non-hydrogen) atoms. The maximum atomic E-state index is 14.0. The summed E-state index contributed by atoms with van der Waals surface area (Å²) < 4.78 is 59.8. The van der Waals surface area contributed by atoms with E-state index in [2.05, 4.69) is 14.7 Å². The topological polar surface area (TPSA) is 110 Å². The predicted molar refractivity (Wildman–Crippen MR) is 124 cm³/mol. The average Bonchev–Trinajstić information content (AvgIpc) is 2.76. The van der Waals surface area contributed by atoms with Crippen molar-refractivity contribution in [2.75, 3.05) is 36.8 Å². The third-order valence-electron chi connectivity index (χ3n) is 4.52. The van der Waals surface area contributed by atoms with Crippen LogP contribution in [0, 0.1) is 11.6 Å². The van der Waals surface area contributed by atoms with Crippen molar-refractivity contribution in [1.29, 1.82) is 0 Å². The zero-order valence-electron chi connectivity index (χ0n) is 17.8. The molecule has 0 radical (unpaired) electrons. The van der Waals surface area contributed by atoms with Crippen LogP contribution in [-0.2, 0) is 16.6 Å². The van der Waals surface area contributed by atoms with Gasteiger partial charge in [0.1, 0.15) is 18.2 Å². The molecule has 0 atom stereocenters. The van der Waals surface area contributed by atoms with E-state index < -0.39 is 28.3 Å². The second-order valence-corrected chi connectivity index (χ2v) is 9.58. The number of rotatable bonds is 9. The minimum atomic E-state index is -3.49. The number of benzene rings is 2. The van der Waals surface area contributed by atoms with Crippen LogP contribution in [0.2, 0.25) is 5.02 Å². The first-order valence-electron chi connectivity index (χ1n) is 9.69. The summed E-state index contributed by atoms with van der Waals surface area (Å²) in [5.41, 5.74) is 7.02. The van der Waals surface area contributed by atoms with Crippen LogP contribution in [0.15, 0.2) is 42.6 Å². The van der Waals surface area contributed by atoms with Crippen molar-refractivity contribution in [3.05, 3.63) is 64.8 Å². The summed E-state index contributed by atoms with van der Waals surface area (Å²) in [6, 6.07) is 8.34. The molecule has 0 aliphatic rings. The van der Waals surface area contributed by atoms with Crippen LogP contribution < -0.4 is 15.2 Å². The molecule has 3 N–H and O–H groups in total. The summed E-state index contributed by atoms with van der Waals surface area (Å²) in [7, 11) is 0.0940. The van der Waals surface area contributed by atoms with E-state index in [1.165, 1.54) is 6.20 Å². The molecular weight excluding hydrogens is 476 g/mol. The Morgan fingerprint density at radius 3 is 2.45 bits per heavy atom. The molecule has 176 valence electrons. The quantitative estimate of drug-likeness (QED) is 0.435. The normalized spacial score (nSPS) is 11.6. The number of hydrogen-bond donors (Lipinski definition) is 2. The average molecular weight is 498 g/mol. The van der Waals surface area contributed by atoms with Crippen LogP contribution in [0.3, 0.4) is 0 Å². The molecule has 12 heteroatoms. The number of sulfonamides is 1. The lowest BCUT2D eigenvalue weighted by atomic mass is 10.1. The first kappa shape index (κ1) is 24.6. The fourth-order valence-electron chi connectivity index (χ4n) is 2.71. The van der Waals surface area contributed by atoms with Crippen LogP contribution in [0.25, 0.3) is 11.3 Å². The minimum Gasteiger partial charge on any atom is -0.470 e. The van der Waals surface area contributed by atoms with Gasteiger partial charge in [-0.1, -0.05) is 23.7 Å². The molecule has 3 rings (SSSR count). The van der Waals surface area contributed by atoms with Gasteiger partial charge in [-0.3, -0.25) is 4.72 Å². The number of nitrogens with one attached hydrogen (secondary N) is 1. The molecular formula is C21H22ClF2N5O3S. The molecule has 3 aromatic rings. The number of aromatic nitrogens is 2. The Labute approximate surface area is 195 Å². The smallest absolute Gasteiger partial charge is 0.258 e. The molecule has 2 aromatic carbocycles. The van der Waals surface area contributed by atoms with Crippen molar-refractivity contribution in [1.82, 2.24) is 14.9 Å². The van der Waals surface area contributed by atoms with Crippen molar-refractivity contribution < 1.29 is 21.9 Å². The molecule has 1 aromatic heterocycles. The summed E-state index contributed by atoms with van der Waals surface area (Å²) in [4.78, 5) is 10.1. The van der Waals surface area contributed by atoms with Gasteiger partial charge in [-0.05, 0) is 38.4 Å². The van der Waals surface area contributed by atoms with Crippen LogP contribution in [0.1, 0.15) is 5.56 Å². The second-order valence-electron chi connectivity index (χ2n) is 7.36. The maximum absolute atomic E-state index is 14.0. The minimum absolute atomic E-state index is 0.0399. The zero-order valence-corrected chi connectivity index (χ0v) is 19.4. The van der Waals surface area contributed by atoms with Crippen molar-refractivity contribution >= 4 is 33.1 Å². The van der Waals surface area contributed by atoms with Gasteiger partial charge in [0, 0.05) is 23.4 Å². The highest BCUT2D eigenvalue weighted by Crippen LogP contribution is 2.27. The fraction of sp³-hybridized carbons (Fsp3) is 0.238. The van der Waals surface area contributed by atoms with Crippen molar-refractivity contribution in [3.63, 3.8) is 0 Å². The zero-order chi connectivity index (χ0) is 24.2. The molecule has 0 spiro atoms. The molecule has 0 bridgehead atoms. The van der Waals surface area contributed by atoms with Gasteiger partial charge < -0.3 is 15.4 Å². The number of nitrogens with zero attached hydrogens (tertiary/aromatic N) is 3. The molecule has 0 aliphatic heterocycles. The fourth-order valence-corrected chi connectivity index (χ4v) is 4.12. The Bertz CT molecular complexity index is 1240. The molecule has 0 unspecified atom stereocenters. The van der Waals surface area contributed by atoms with E-state index in [-0.39, 0.29) is 28.0 Å². The lowest BCUT2D eigenvalue weighted by molar-refractivity contribution is 0.288. The van der Waals surface area contributed by atoms with E-state index in [0.717, 1.165) is 12.1 Å². The summed E-state index contributed by atoms with van der Waals surface area (Å²) in [5.74, 6) is -1.67. The SMILES string of the molecule is CN(C)CCS(=O)(=O)Nc1ccc(-c2cnc(N)c(OCc3c(F)ccc(F)c3Cl)n2)cc1. The summed E-state index contributed by atoms with van der Waals surface area (Å²) in [5, 5.41) is -0.388. The Hall–Kier alpha value is -3.02. The number of halogens is 3. The van der Waals surface area contributed by atoms with E-state index in [1.807, 2.05) is 0 Å². The van der Waals surface area contributed by atoms with Gasteiger partial charge in [0.05, 0.1) is 22.7 Å². The van der Waals surface area contributed by atoms with E-state index in [9.17, 15) is 17.2 Å². The van der Waals surface area contributed by atoms with Crippen LogP contribution in [0.5, 0.6) is 5.88 Å². The van der Waals surface area contributed by atoms with Crippen molar-refractivity contribution in [2.24, 2.45) is 0 Å². The van der Waals surface area contributed by atoms with Gasteiger partial charge in [-0.15, -0.1) is 0 Å². The first-order valence-corrected chi connectivity index (χ1v) is 11.7. The number of anilines is 2. The van der Waals surface area contributed by atoms with Gasteiger partial charge in [0.25, 0.3) is 5.88 Å². The van der Waals surface area contributed by atoms with Crippen molar-refractivity contribution in [3.8, 4) is 17.1 Å². The maximum Gasteiger partial charge on any atom is 0.258 e. The summed E-state index contributed by atoms with van der Waals surface area (Å²) in [6.07, 6.45) is 1.41. The van der Waals surface area contributed by atoms with E-state index in [4.69, 9.17) is 22.1 Å². The number of nitrogen functional groups attached to an aromatic ring is 1. The van der Waals surface area contributed by atoms with Gasteiger partial charge in [-0.2, -0.15) is 0 Å². The van der Waals surface area contributed by atoms with E-state index >= 15 is 0 Å². The molecule has 8 nitrogen and oxygen atoms in total. The lowest BCUT2D eigenvalue weighted by Crippen LogP contribution is -2.26. The molecule has 0 saturated carbocycles. The molecule has 0 amide bonds. The Balaban J connectivity index is 1.75. The molecule has 0 saturated heterocycles. The third kappa shape index (κ3) is 6.50. The first-order chi connectivity index (χ1) is 15.6. The van der Waals surface area contributed by atoms with Crippen LogP contribution in [0.4, 0.5) is 20.3 Å². The Kier molecular flexibility index (Phi) is 7.67. The summed E-state index contributed by atoms with van der Waals surface area (Å²) >= 11 is 5.81. The van der Waals surface area contributed by atoms with Gasteiger partial charge >= 0.3 is 0 Å². The molecule has 0 fully saturated rings. The lowest BCUT2D eigenvalue weighted by Gasteiger charge is -2.12. The largest absolute Gasteiger partial charge is 0.470 e. The highest BCUT2D eigenvalue weighted by atomic mass is 35.5. The predicted octanol–water partition coefficient (Wildman–Crippen LogP) is 3.54. The van der Waals surface area contributed by atoms with Crippen LogP contribution >= 0.6 is 11.6 Å². The van der Waals surface area contributed by atoms with Crippen LogP contribution in [-0.4, -0.2) is 49.7 Å². The highest BCUT2D eigenvalue weighted by Gasteiger charge is 2.15. The van der Waals surface area contributed by atoms with Gasteiger partial charge in [0.2, 0.25) is 10.0 Å². The summed E-state index contributed by atoms with van der Waals surface area (Å²) in [6.45, 7) is -0.0135. The standard InChI is InChI=1S/C21H22ClF2N5O3S/c1-29(2)9-10-33(30,31)28-14-5-3-13(4-6-14)18-11-26-20(25)21(27-18)32-12-15-16(23)7-8-17(24)19(15)22/h3-8,11,28H,9-10,12H2,1-2H3,(H2,25,26). The molecule has 0 aliphatic carbocycles. The van der Waals surface area contributed by atoms with E-state index in [0.29, 0.717) is 23.5 Å². The number of nitrogens with two attached hydrogens (primary N) is 1. The second kappa shape index (κ2) is 10.3. The number of ether oxygens (including phenoxy) is 1. The Morgan fingerprint density at radius 1 is 1.12 bits per heavy atom. The third-order valence-corrected chi connectivity index (χ3v) is 6.20.